The van der Waals surface area contributed by atoms with E-state index in [-0.39, 0.29) is 11.6 Å². The van der Waals surface area contributed by atoms with Gasteiger partial charge in [0.1, 0.15) is 0 Å². The third-order valence-corrected chi connectivity index (χ3v) is 3.76. The summed E-state index contributed by atoms with van der Waals surface area (Å²) in [5.74, 6) is -0.212. The standard InChI is InChI=1S/C19H17NO2/c21-18-13-17(19(22)16-11-5-4-10-15(16)18)20-12-6-9-14-7-2-1-3-8-14/h1-5,7-8,10-11,13,20H,6,9,12H2. The smallest absolute Gasteiger partial charge is 0.209 e. The van der Waals surface area contributed by atoms with Gasteiger partial charge in [0.05, 0.1) is 5.70 Å². The van der Waals surface area contributed by atoms with E-state index in [4.69, 9.17) is 0 Å². The van der Waals surface area contributed by atoms with E-state index in [0.29, 0.717) is 23.4 Å². The lowest BCUT2D eigenvalue weighted by molar-refractivity contribution is 0.0978. The second kappa shape index (κ2) is 6.39. The number of carbonyl (C=O) groups is 2. The summed E-state index contributed by atoms with van der Waals surface area (Å²) in [6.07, 6.45) is 3.26. The SMILES string of the molecule is O=C1C=C(NCCCc2ccccc2)C(=O)c2ccccc21. The van der Waals surface area contributed by atoms with Gasteiger partial charge >= 0.3 is 0 Å². The molecule has 3 heteroatoms. The lowest BCUT2D eigenvalue weighted by Gasteiger charge is -2.16. The van der Waals surface area contributed by atoms with Gasteiger partial charge in [-0.25, -0.2) is 0 Å². The molecule has 0 unspecified atom stereocenters. The van der Waals surface area contributed by atoms with Crippen LogP contribution in [0.25, 0.3) is 0 Å². The van der Waals surface area contributed by atoms with Crippen LogP contribution in [0.4, 0.5) is 0 Å². The van der Waals surface area contributed by atoms with E-state index in [1.165, 1.54) is 11.6 Å². The fourth-order valence-electron chi connectivity index (χ4n) is 2.61. The van der Waals surface area contributed by atoms with Crippen LogP contribution in [0, 0.1) is 0 Å². The highest BCUT2D eigenvalue weighted by Gasteiger charge is 2.24. The molecule has 1 N–H and O–H groups in total. The Kier molecular flexibility index (Phi) is 4.15. The normalized spacial score (nSPS) is 13.5. The second-order valence-electron chi connectivity index (χ2n) is 5.31. The van der Waals surface area contributed by atoms with Crippen LogP contribution in [0.1, 0.15) is 32.7 Å². The minimum atomic E-state index is -0.110. The van der Waals surface area contributed by atoms with Crippen LogP contribution in [-0.4, -0.2) is 18.1 Å². The fourth-order valence-corrected chi connectivity index (χ4v) is 2.61. The molecule has 3 nitrogen and oxygen atoms in total. The number of Topliss-reactive ketones (excluding diaryl/α,β-unsaturated/α-hetero) is 1. The summed E-state index contributed by atoms with van der Waals surface area (Å²) in [7, 11) is 0. The van der Waals surface area contributed by atoms with Gasteiger partial charge in [-0.3, -0.25) is 9.59 Å². The van der Waals surface area contributed by atoms with Crippen molar-refractivity contribution in [2.24, 2.45) is 0 Å². The highest BCUT2D eigenvalue weighted by atomic mass is 16.1. The lowest BCUT2D eigenvalue weighted by atomic mass is 9.93. The Hall–Kier alpha value is -2.68. The zero-order chi connectivity index (χ0) is 15.4. The molecule has 22 heavy (non-hydrogen) atoms. The third kappa shape index (κ3) is 2.98. The Morgan fingerprint density at radius 3 is 2.27 bits per heavy atom. The Labute approximate surface area is 129 Å². The third-order valence-electron chi connectivity index (χ3n) is 3.76. The van der Waals surface area contributed by atoms with Crippen molar-refractivity contribution in [2.75, 3.05) is 6.54 Å². The van der Waals surface area contributed by atoms with Gasteiger partial charge in [-0.15, -0.1) is 0 Å². The first kappa shape index (κ1) is 14.3. The molecule has 110 valence electrons. The number of benzene rings is 2. The first-order valence-corrected chi connectivity index (χ1v) is 7.43. The summed E-state index contributed by atoms with van der Waals surface area (Å²) < 4.78 is 0. The van der Waals surface area contributed by atoms with Gasteiger partial charge in [-0.05, 0) is 18.4 Å². The number of hydrogen-bond donors (Lipinski definition) is 1. The topological polar surface area (TPSA) is 46.2 Å². The number of aryl methyl sites for hydroxylation is 1. The lowest BCUT2D eigenvalue weighted by Crippen LogP contribution is -2.27. The summed E-state index contributed by atoms with van der Waals surface area (Å²) in [5, 5.41) is 3.10. The first-order valence-electron chi connectivity index (χ1n) is 7.43. The van der Waals surface area contributed by atoms with E-state index in [0.717, 1.165) is 12.8 Å². The average molecular weight is 291 g/mol. The predicted molar refractivity (Wildman–Crippen MR) is 86.0 cm³/mol. The van der Waals surface area contributed by atoms with Gasteiger partial charge in [0.25, 0.3) is 0 Å². The zero-order valence-corrected chi connectivity index (χ0v) is 12.2. The van der Waals surface area contributed by atoms with Crippen LogP contribution in [0.3, 0.4) is 0 Å². The Balaban J connectivity index is 1.60. The van der Waals surface area contributed by atoms with E-state index in [2.05, 4.69) is 17.4 Å². The number of rotatable bonds is 5. The maximum absolute atomic E-state index is 12.3. The largest absolute Gasteiger partial charge is 0.382 e. The van der Waals surface area contributed by atoms with Gasteiger partial charge in [0, 0.05) is 23.7 Å². The summed E-state index contributed by atoms with van der Waals surface area (Å²) in [6.45, 7) is 0.669. The van der Waals surface area contributed by atoms with E-state index >= 15 is 0 Å². The fraction of sp³-hybridized carbons (Fsp3) is 0.158. The molecule has 1 aliphatic carbocycles. The van der Waals surface area contributed by atoms with Crippen molar-refractivity contribution in [1.82, 2.24) is 5.32 Å². The van der Waals surface area contributed by atoms with E-state index < -0.39 is 0 Å². The predicted octanol–water partition coefficient (Wildman–Crippen LogP) is 3.17. The van der Waals surface area contributed by atoms with Crippen molar-refractivity contribution in [2.45, 2.75) is 12.8 Å². The van der Waals surface area contributed by atoms with Gasteiger partial charge < -0.3 is 5.32 Å². The summed E-state index contributed by atoms with van der Waals surface area (Å²) >= 11 is 0. The van der Waals surface area contributed by atoms with Crippen LogP contribution in [-0.2, 0) is 6.42 Å². The number of fused-ring (bicyclic) bond motifs is 1. The average Bonchev–Trinajstić information content (AvgIpc) is 2.57. The first-order chi connectivity index (χ1) is 10.8. The van der Waals surface area contributed by atoms with Crippen molar-refractivity contribution in [3.05, 3.63) is 83.1 Å². The highest BCUT2D eigenvalue weighted by Crippen LogP contribution is 2.19. The van der Waals surface area contributed by atoms with Crippen molar-refractivity contribution in [3.63, 3.8) is 0 Å². The van der Waals surface area contributed by atoms with Crippen molar-refractivity contribution in [1.29, 1.82) is 0 Å². The molecule has 0 saturated carbocycles. The molecule has 0 saturated heterocycles. The quantitative estimate of drug-likeness (QED) is 0.861. The molecular weight excluding hydrogens is 274 g/mol. The molecule has 0 heterocycles. The number of allylic oxidation sites excluding steroid dienone is 2. The number of hydrogen-bond acceptors (Lipinski definition) is 3. The Bertz CT molecular complexity index is 732. The molecule has 2 aromatic carbocycles. The molecule has 0 radical (unpaired) electrons. The summed E-state index contributed by atoms with van der Waals surface area (Å²) in [4.78, 5) is 24.4. The van der Waals surface area contributed by atoms with Crippen LogP contribution in [0.15, 0.2) is 66.4 Å². The van der Waals surface area contributed by atoms with Crippen molar-refractivity contribution in [3.8, 4) is 0 Å². The maximum atomic E-state index is 12.3. The maximum Gasteiger partial charge on any atom is 0.209 e. The number of carbonyl (C=O) groups excluding carboxylic acids is 2. The van der Waals surface area contributed by atoms with Crippen LogP contribution in [0.5, 0.6) is 0 Å². The summed E-state index contributed by atoms with van der Waals surface area (Å²) in [6, 6.07) is 17.2. The molecule has 0 aromatic heterocycles. The van der Waals surface area contributed by atoms with Crippen LogP contribution >= 0.6 is 0 Å². The second-order valence-corrected chi connectivity index (χ2v) is 5.31. The molecule has 0 aliphatic heterocycles. The Morgan fingerprint density at radius 1 is 0.818 bits per heavy atom. The number of nitrogens with one attached hydrogen (secondary N) is 1. The molecule has 0 bridgehead atoms. The minimum Gasteiger partial charge on any atom is -0.382 e. The van der Waals surface area contributed by atoms with E-state index in [1.807, 2.05) is 18.2 Å². The zero-order valence-electron chi connectivity index (χ0n) is 12.2. The van der Waals surface area contributed by atoms with Gasteiger partial charge in [-0.1, -0.05) is 54.6 Å². The summed E-state index contributed by atoms with van der Waals surface area (Å²) in [5.41, 5.74) is 2.65. The molecule has 1 aliphatic rings. The van der Waals surface area contributed by atoms with Crippen molar-refractivity contribution < 1.29 is 9.59 Å². The van der Waals surface area contributed by atoms with Gasteiger partial charge in [0.15, 0.2) is 5.78 Å². The molecule has 3 rings (SSSR count). The van der Waals surface area contributed by atoms with E-state index in [9.17, 15) is 9.59 Å². The molecule has 2 aromatic rings. The van der Waals surface area contributed by atoms with Crippen LogP contribution < -0.4 is 5.32 Å². The molecule has 0 spiro atoms. The number of ketones is 2. The molecular formula is C19H17NO2. The van der Waals surface area contributed by atoms with Gasteiger partial charge in [-0.2, -0.15) is 0 Å². The van der Waals surface area contributed by atoms with E-state index in [1.54, 1.807) is 24.3 Å². The molecule has 0 atom stereocenters. The van der Waals surface area contributed by atoms with Gasteiger partial charge in [0.2, 0.25) is 5.78 Å². The monoisotopic (exact) mass is 291 g/mol. The highest BCUT2D eigenvalue weighted by molar-refractivity contribution is 6.24. The minimum absolute atomic E-state index is 0.102. The molecule has 0 fully saturated rings. The molecule has 0 amide bonds. The van der Waals surface area contributed by atoms with Crippen molar-refractivity contribution >= 4 is 11.6 Å². The van der Waals surface area contributed by atoms with Crippen LogP contribution in [0.2, 0.25) is 0 Å². The Morgan fingerprint density at radius 2 is 1.50 bits per heavy atom.